The van der Waals surface area contributed by atoms with Crippen LogP contribution in [0.5, 0.6) is 0 Å². The standard InChI is InChI=1S/C29H23FN2O3S/c1-3-35-28(34)24-25(20-10-5-4-6-11-20)31-29-32(26(24)21-12-14-22(30)15-13-21)27(33)23(36-29)17-19-9-7-8-18(2)16-19/h4-17,26H,3H2,1-2H3/b23-17+/t26-/m1/s1. The lowest BCUT2D eigenvalue weighted by atomic mass is 9.93. The molecule has 1 aliphatic heterocycles. The maximum Gasteiger partial charge on any atom is 0.338 e. The highest BCUT2D eigenvalue weighted by molar-refractivity contribution is 7.07. The van der Waals surface area contributed by atoms with Gasteiger partial charge in [-0.1, -0.05) is 83.6 Å². The summed E-state index contributed by atoms with van der Waals surface area (Å²) >= 11 is 1.26. The Kier molecular flexibility index (Phi) is 6.48. The van der Waals surface area contributed by atoms with Crippen LogP contribution in [0.2, 0.25) is 0 Å². The van der Waals surface area contributed by atoms with Gasteiger partial charge in [-0.15, -0.1) is 0 Å². The lowest BCUT2D eigenvalue weighted by Gasteiger charge is -2.25. The SMILES string of the molecule is CCOC(=O)C1=C(c2ccccc2)N=c2s/c(=C/c3cccc(C)c3)c(=O)n2[C@@H]1c1ccc(F)cc1. The molecule has 36 heavy (non-hydrogen) atoms. The first-order chi connectivity index (χ1) is 17.5. The van der Waals surface area contributed by atoms with Crippen molar-refractivity contribution in [1.82, 2.24) is 4.57 Å². The molecule has 1 atom stereocenters. The van der Waals surface area contributed by atoms with Crippen LogP contribution in [0.3, 0.4) is 0 Å². The molecule has 2 heterocycles. The largest absolute Gasteiger partial charge is 0.463 e. The third kappa shape index (κ3) is 4.45. The molecule has 0 unspecified atom stereocenters. The van der Waals surface area contributed by atoms with Gasteiger partial charge < -0.3 is 4.74 Å². The van der Waals surface area contributed by atoms with E-state index in [1.165, 1.54) is 28.0 Å². The molecular formula is C29H23FN2O3S. The third-order valence-corrected chi connectivity index (χ3v) is 6.88. The minimum atomic E-state index is -0.823. The second kappa shape index (κ2) is 9.87. The molecule has 180 valence electrons. The number of carbonyl (C=O) groups is 1. The van der Waals surface area contributed by atoms with Crippen molar-refractivity contribution in [2.45, 2.75) is 19.9 Å². The number of ether oxygens (including phenoxy) is 1. The Labute approximate surface area is 211 Å². The van der Waals surface area contributed by atoms with Gasteiger partial charge in [0.1, 0.15) is 5.82 Å². The lowest BCUT2D eigenvalue weighted by molar-refractivity contribution is -0.138. The first kappa shape index (κ1) is 23.6. The van der Waals surface area contributed by atoms with Crippen LogP contribution in [0, 0.1) is 12.7 Å². The zero-order valence-corrected chi connectivity index (χ0v) is 20.6. The van der Waals surface area contributed by atoms with Crippen LogP contribution in [0.4, 0.5) is 4.39 Å². The number of hydrogen-bond acceptors (Lipinski definition) is 5. The number of hydrogen-bond donors (Lipinski definition) is 0. The fourth-order valence-corrected chi connectivity index (χ4v) is 5.31. The van der Waals surface area contributed by atoms with E-state index in [0.717, 1.165) is 16.7 Å². The Balaban J connectivity index is 1.83. The minimum absolute atomic E-state index is 0.165. The van der Waals surface area contributed by atoms with E-state index in [0.29, 0.717) is 20.6 Å². The number of benzene rings is 3. The van der Waals surface area contributed by atoms with Crippen molar-refractivity contribution >= 4 is 29.1 Å². The number of esters is 1. The van der Waals surface area contributed by atoms with Gasteiger partial charge in [0.25, 0.3) is 5.56 Å². The van der Waals surface area contributed by atoms with Crippen molar-refractivity contribution in [3.8, 4) is 0 Å². The van der Waals surface area contributed by atoms with Gasteiger partial charge in [0, 0.05) is 5.56 Å². The van der Waals surface area contributed by atoms with Crippen molar-refractivity contribution in [3.05, 3.63) is 132 Å². The second-order valence-electron chi connectivity index (χ2n) is 8.40. The summed E-state index contributed by atoms with van der Waals surface area (Å²) in [6.07, 6.45) is 1.83. The molecule has 0 aliphatic carbocycles. The van der Waals surface area contributed by atoms with Crippen LogP contribution in [-0.2, 0) is 9.53 Å². The van der Waals surface area contributed by atoms with Crippen molar-refractivity contribution in [2.75, 3.05) is 6.61 Å². The Morgan fingerprint density at radius 2 is 1.83 bits per heavy atom. The molecule has 0 saturated heterocycles. The van der Waals surface area contributed by atoms with Crippen molar-refractivity contribution < 1.29 is 13.9 Å². The van der Waals surface area contributed by atoms with Crippen LogP contribution in [0.1, 0.15) is 35.2 Å². The summed E-state index contributed by atoms with van der Waals surface area (Å²) in [5, 5.41) is 0. The van der Waals surface area contributed by atoms with Crippen LogP contribution in [0.15, 0.2) is 94.2 Å². The van der Waals surface area contributed by atoms with Gasteiger partial charge >= 0.3 is 5.97 Å². The Hall–Kier alpha value is -4.10. The van der Waals surface area contributed by atoms with Gasteiger partial charge in [-0.05, 0) is 43.2 Å². The van der Waals surface area contributed by atoms with Crippen LogP contribution < -0.4 is 14.9 Å². The van der Waals surface area contributed by atoms with Gasteiger partial charge in [-0.3, -0.25) is 9.36 Å². The molecule has 1 aliphatic rings. The molecule has 5 rings (SSSR count). The van der Waals surface area contributed by atoms with Crippen LogP contribution >= 0.6 is 11.3 Å². The minimum Gasteiger partial charge on any atom is -0.463 e. The summed E-state index contributed by atoms with van der Waals surface area (Å²) in [6, 6.07) is 22.2. The number of fused-ring (bicyclic) bond motifs is 1. The molecule has 7 heteroatoms. The molecule has 0 amide bonds. The number of aromatic nitrogens is 1. The van der Waals surface area contributed by atoms with E-state index >= 15 is 0 Å². The maximum atomic E-state index is 13.8. The summed E-state index contributed by atoms with van der Waals surface area (Å²) in [6.45, 7) is 3.88. The Morgan fingerprint density at radius 3 is 2.53 bits per heavy atom. The van der Waals surface area contributed by atoms with Crippen molar-refractivity contribution in [1.29, 1.82) is 0 Å². The third-order valence-electron chi connectivity index (χ3n) is 5.90. The number of nitrogens with zero attached hydrogens (tertiary/aromatic N) is 2. The van der Waals surface area contributed by atoms with E-state index in [2.05, 4.69) is 0 Å². The maximum absolute atomic E-state index is 13.8. The topological polar surface area (TPSA) is 60.7 Å². The molecule has 4 aromatic rings. The van der Waals surface area contributed by atoms with Gasteiger partial charge in [0.2, 0.25) is 0 Å². The second-order valence-corrected chi connectivity index (χ2v) is 9.41. The number of halogens is 1. The van der Waals surface area contributed by atoms with E-state index in [-0.39, 0.29) is 17.7 Å². The van der Waals surface area contributed by atoms with Crippen molar-refractivity contribution in [2.24, 2.45) is 4.99 Å². The quantitative estimate of drug-likeness (QED) is 0.384. The highest BCUT2D eigenvalue weighted by Gasteiger charge is 2.35. The van der Waals surface area contributed by atoms with E-state index < -0.39 is 17.8 Å². The average Bonchev–Trinajstić information content (AvgIpc) is 3.19. The van der Waals surface area contributed by atoms with Crippen LogP contribution in [0.25, 0.3) is 11.8 Å². The molecule has 0 saturated carbocycles. The van der Waals surface area contributed by atoms with E-state index in [9.17, 15) is 14.0 Å². The first-order valence-electron chi connectivity index (χ1n) is 11.6. The number of carbonyl (C=O) groups excluding carboxylic acids is 1. The highest BCUT2D eigenvalue weighted by Crippen LogP contribution is 2.35. The fourth-order valence-electron chi connectivity index (χ4n) is 4.31. The zero-order chi connectivity index (χ0) is 25.2. The smallest absolute Gasteiger partial charge is 0.338 e. The normalized spacial score (nSPS) is 15.4. The van der Waals surface area contributed by atoms with Gasteiger partial charge in [-0.25, -0.2) is 14.2 Å². The summed E-state index contributed by atoms with van der Waals surface area (Å²) in [7, 11) is 0. The summed E-state index contributed by atoms with van der Waals surface area (Å²) in [5.41, 5.74) is 3.69. The molecular weight excluding hydrogens is 475 g/mol. The molecule has 5 nitrogen and oxygen atoms in total. The van der Waals surface area contributed by atoms with E-state index in [4.69, 9.17) is 9.73 Å². The summed E-state index contributed by atoms with van der Waals surface area (Å²) < 4.78 is 21.3. The fraction of sp³-hybridized carbons (Fsp3) is 0.138. The predicted octanol–water partition coefficient (Wildman–Crippen LogP) is 4.38. The molecule has 0 radical (unpaired) electrons. The van der Waals surface area contributed by atoms with E-state index in [1.54, 1.807) is 19.1 Å². The Morgan fingerprint density at radius 1 is 1.08 bits per heavy atom. The summed E-state index contributed by atoms with van der Waals surface area (Å²) in [4.78, 5) is 32.4. The molecule has 0 spiro atoms. The van der Waals surface area contributed by atoms with Gasteiger partial charge in [0.05, 0.1) is 28.5 Å². The van der Waals surface area contributed by atoms with Crippen LogP contribution in [-0.4, -0.2) is 17.1 Å². The highest BCUT2D eigenvalue weighted by atomic mass is 32.1. The first-order valence-corrected chi connectivity index (χ1v) is 12.4. The predicted molar refractivity (Wildman–Crippen MR) is 139 cm³/mol. The number of rotatable bonds is 5. The zero-order valence-electron chi connectivity index (χ0n) is 19.8. The number of aryl methyl sites for hydroxylation is 1. The molecule has 0 N–H and O–H groups in total. The monoisotopic (exact) mass is 498 g/mol. The molecule has 0 bridgehead atoms. The lowest BCUT2D eigenvalue weighted by Crippen LogP contribution is -2.40. The number of thiazole rings is 1. The van der Waals surface area contributed by atoms with Gasteiger partial charge in [-0.2, -0.15) is 0 Å². The average molecular weight is 499 g/mol. The summed E-state index contributed by atoms with van der Waals surface area (Å²) in [5.74, 6) is -0.974. The molecule has 0 fully saturated rings. The Bertz CT molecular complexity index is 1650. The molecule has 3 aromatic carbocycles. The molecule has 1 aromatic heterocycles. The van der Waals surface area contributed by atoms with E-state index in [1.807, 2.05) is 67.6 Å². The van der Waals surface area contributed by atoms with Gasteiger partial charge in [0.15, 0.2) is 4.80 Å². The van der Waals surface area contributed by atoms with Crippen molar-refractivity contribution in [3.63, 3.8) is 0 Å².